The van der Waals surface area contributed by atoms with Crippen molar-refractivity contribution in [2.24, 2.45) is 0 Å². The monoisotopic (exact) mass is 303 g/mol. The van der Waals surface area contributed by atoms with E-state index < -0.39 is 38.7 Å². The molecule has 0 radical (unpaired) electrons. The maximum atomic E-state index is 12.2. The van der Waals surface area contributed by atoms with Crippen LogP contribution in [0.1, 0.15) is 42.5 Å². The van der Waals surface area contributed by atoms with E-state index in [-0.39, 0.29) is 0 Å². The van der Waals surface area contributed by atoms with Crippen LogP contribution < -0.4 is 4.72 Å². The molecule has 1 heterocycles. The molecule has 2 unspecified atom stereocenters. The normalized spacial score (nSPS) is 24.2. The predicted molar refractivity (Wildman–Crippen MR) is 68.7 cm³/mol. The van der Waals surface area contributed by atoms with Crippen LogP contribution in [0.4, 0.5) is 0 Å². The van der Waals surface area contributed by atoms with Gasteiger partial charge in [-0.05, 0) is 12.8 Å². The van der Waals surface area contributed by atoms with Crippen molar-refractivity contribution in [2.45, 2.75) is 49.3 Å². The number of nitrogens with zero attached hydrogens (tertiary/aromatic N) is 1. The van der Waals surface area contributed by atoms with Crippen LogP contribution in [0.25, 0.3) is 0 Å². The van der Waals surface area contributed by atoms with Crippen molar-refractivity contribution in [3.8, 4) is 0 Å². The summed E-state index contributed by atoms with van der Waals surface area (Å²) >= 11 is 0. The molecule has 0 amide bonds. The zero-order valence-electron chi connectivity index (χ0n) is 10.7. The quantitative estimate of drug-likeness (QED) is 0.582. The smallest absolute Gasteiger partial charge is 0.340 e. The molecule has 0 aromatic carbocycles. The highest BCUT2D eigenvalue weighted by molar-refractivity contribution is 7.89. The van der Waals surface area contributed by atoms with Gasteiger partial charge in [0.05, 0.1) is 12.3 Å². The minimum absolute atomic E-state index is 0.416. The molecule has 8 nitrogen and oxygen atoms in total. The number of hydrogen-bond donors (Lipinski definition) is 4. The molecule has 20 heavy (non-hydrogen) atoms. The Balaban J connectivity index is 2.22. The molecule has 1 aliphatic carbocycles. The number of aromatic carboxylic acids is 1. The first kappa shape index (κ1) is 14.9. The fourth-order valence-corrected chi connectivity index (χ4v) is 3.71. The van der Waals surface area contributed by atoms with Crippen LogP contribution in [-0.4, -0.2) is 46.9 Å². The molecule has 112 valence electrons. The van der Waals surface area contributed by atoms with E-state index in [9.17, 15) is 18.3 Å². The van der Waals surface area contributed by atoms with Crippen LogP contribution in [0, 0.1) is 0 Å². The Morgan fingerprint density at radius 2 is 2.05 bits per heavy atom. The summed E-state index contributed by atoms with van der Waals surface area (Å²) < 4.78 is 26.7. The molecule has 9 heteroatoms. The summed E-state index contributed by atoms with van der Waals surface area (Å²) in [6.07, 6.45) is 3.85. The lowest BCUT2D eigenvalue weighted by molar-refractivity contribution is 0.0692. The summed E-state index contributed by atoms with van der Waals surface area (Å²) in [6, 6.07) is -0.604. The second-order valence-electron chi connectivity index (χ2n) is 4.85. The molecule has 1 aliphatic rings. The van der Waals surface area contributed by atoms with Gasteiger partial charge in [0, 0.05) is 6.04 Å². The molecule has 0 bridgehead atoms. The van der Waals surface area contributed by atoms with Crippen LogP contribution in [0.15, 0.2) is 11.2 Å². The first-order valence-electron chi connectivity index (χ1n) is 6.39. The molecular weight excluding hydrogens is 286 g/mol. The van der Waals surface area contributed by atoms with E-state index in [0.29, 0.717) is 12.8 Å². The zero-order valence-corrected chi connectivity index (χ0v) is 11.6. The number of carboxylic acid groups (broad SMARTS) is 1. The highest BCUT2D eigenvalue weighted by Gasteiger charge is 2.30. The van der Waals surface area contributed by atoms with Gasteiger partial charge in [-0.15, -0.1) is 0 Å². The minimum atomic E-state index is -4.05. The molecule has 0 saturated heterocycles. The fourth-order valence-electron chi connectivity index (χ4n) is 2.32. The molecule has 1 aromatic heterocycles. The summed E-state index contributed by atoms with van der Waals surface area (Å²) in [7, 11) is -4.05. The summed E-state index contributed by atoms with van der Waals surface area (Å²) in [5, 5.41) is 24.0. The van der Waals surface area contributed by atoms with Gasteiger partial charge < -0.3 is 10.2 Å². The first-order valence-corrected chi connectivity index (χ1v) is 7.87. The molecule has 4 N–H and O–H groups in total. The second kappa shape index (κ2) is 5.90. The Morgan fingerprint density at radius 3 is 2.75 bits per heavy atom. The topological polar surface area (TPSA) is 132 Å². The highest BCUT2D eigenvalue weighted by Crippen LogP contribution is 2.20. The van der Waals surface area contributed by atoms with Crippen molar-refractivity contribution in [3.63, 3.8) is 0 Å². The van der Waals surface area contributed by atoms with E-state index in [1.807, 2.05) is 0 Å². The van der Waals surface area contributed by atoms with Crippen LogP contribution >= 0.6 is 0 Å². The van der Waals surface area contributed by atoms with Crippen molar-refractivity contribution in [2.75, 3.05) is 0 Å². The van der Waals surface area contributed by atoms with E-state index >= 15 is 0 Å². The van der Waals surface area contributed by atoms with Gasteiger partial charge in [-0.3, -0.25) is 5.10 Å². The van der Waals surface area contributed by atoms with Gasteiger partial charge in [-0.25, -0.2) is 17.9 Å². The van der Waals surface area contributed by atoms with Gasteiger partial charge >= 0.3 is 5.97 Å². The van der Waals surface area contributed by atoms with E-state index in [2.05, 4.69) is 14.9 Å². The number of aromatic amines is 1. The van der Waals surface area contributed by atoms with E-state index in [1.54, 1.807) is 0 Å². The van der Waals surface area contributed by atoms with Gasteiger partial charge in [-0.2, -0.15) is 5.10 Å². The second-order valence-corrected chi connectivity index (χ2v) is 6.50. The molecule has 0 aliphatic heterocycles. The number of H-pyrrole nitrogens is 1. The lowest BCUT2D eigenvalue weighted by Gasteiger charge is -2.21. The minimum Gasteiger partial charge on any atom is -0.478 e. The Hall–Kier alpha value is -1.45. The largest absolute Gasteiger partial charge is 0.478 e. The van der Waals surface area contributed by atoms with Crippen molar-refractivity contribution in [3.05, 3.63) is 11.8 Å². The number of carbonyl (C=O) groups is 1. The van der Waals surface area contributed by atoms with Gasteiger partial charge in [0.25, 0.3) is 10.0 Å². The summed E-state index contributed by atoms with van der Waals surface area (Å²) in [4.78, 5) is 10.9. The molecule has 2 atom stereocenters. The third-order valence-electron chi connectivity index (χ3n) is 3.39. The highest BCUT2D eigenvalue weighted by atomic mass is 32.2. The Labute approximate surface area is 116 Å². The van der Waals surface area contributed by atoms with Crippen molar-refractivity contribution in [1.82, 2.24) is 14.9 Å². The van der Waals surface area contributed by atoms with Crippen LogP contribution in [0.2, 0.25) is 0 Å². The van der Waals surface area contributed by atoms with E-state index in [1.165, 1.54) is 0 Å². The number of aliphatic hydroxyl groups excluding tert-OH is 1. The van der Waals surface area contributed by atoms with E-state index in [4.69, 9.17) is 5.11 Å². The number of aliphatic hydroxyl groups is 1. The molecule has 1 fully saturated rings. The van der Waals surface area contributed by atoms with Gasteiger partial charge in [0.2, 0.25) is 0 Å². The molecule has 2 rings (SSSR count). The maximum Gasteiger partial charge on any atom is 0.340 e. The van der Waals surface area contributed by atoms with Crippen molar-refractivity contribution in [1.29, 1.82) is 0 Å². The standard InChI is InChI=1S/C11H17N3O5S/c15-9-5-3-1-2-4-8(9)14-20(18,19)10-7(11(16)17)6-12-13-10/h6,8-9,14-15H,1-5H2,(H,12,13)(H,16,17). The van der Waals surface area contributed by atoms with Crippen molar-refractivity contribution < 1.29 is 23.4 Å². The van der Waals surface area contributed by atoms with E-state index in [0.717, 1.165) is 25.5 Å². The SMILES string of the molecule is O=C(O)c1cn[nH]c1S(=O)(=O)NC1CCCCCC1O. The third-order valence-corrected chi connectivity index (χ3v) is 4.85. The Bertz CT molecular complexity index is 583. The summed E-state index contributed by atoms with van der Waals surface area (Å²) in [6.45, 7) is 0. The van der Waals surface area contributed by atoms with Crippen LogP contribution in [0.3, 0.4) is 0 Å². The zero-order chi connectivity index (χ0) is 14.8. The lowest BCUT2D eigenvalue weighted by Crippen LogP contribution is -2.43. The number of rotatable bonds is 4. The van der Waals surface area contributed by atoms with Crippen molar-refractivity contribution >= 4 is 16.0 Å². The molecular formula is C11H17N3O5S. The average Bonchev–Trinajstić information content (AvgIpc) is 2.79. The number of carboxylic acids is 1. The molecule has 1 aromatic rings. The van der Waals surface area contributed by atoms with Gasteiger partial charge in [0.15, 0.2) is 5.03 Å². The number of aromatic nitrogens is 2. The Kier molecular flexibility index (Phi) is 4.41. The molecule has 1 saturated carbocycles. The number of hydrogen-bond acceptors (Lipinski definition) is 5. The summed E-state index contributed by atoms with van der Waals surface area (Å²) in [5.41, 5.74) is -0.416. The maximum absolute atomic E-state index is 12.2. The van der Waals surface area contributed by atoms with Gasteiger partial charge in [0.1, 0.15) is 5.56 Å². The summed E-state index contributed by atoms with van der Waals surface area (Å²) in [5.74, 6) is -1.37. The molecule has 0 spiro atoms. The average molecular weight is 303 g/mol. The van der Waals surface area contributed by atoms with Gasteiger partial charge in [-0.1, -0.05) is 19.3 Å². The third kappa shape index (κ3) is 3.17. The lowest BCUT2D eigenvalue weighted by atomic mass is 10.1. The van der Waals surface area contributed by atoms with Crippen LogP contribution in [-0.2, 0) is 10.0 Å². The number of nitrogens with one attached hydrogen (secondary N) is 2. The Morgan fingerprint density at radius 1 is 1.35 bits per heavy atom. The predicted octanol–water partition coefficient (Wildman–Crippen LogP) is 0.0798. The number of sulfonamides is 1. The fraction of sp³-hybridized carbons (Fsp3) is 0.636. The first-order chi connectivity index (χ1) is 9.42. The van der Waals surface area contributed by atoms with Crippen LogP contribution in [0.5, 0.6) is 0 Å².